The summed E-state index contributed by atoms with van der Waals surface area (Å²) in [7, 11) is 0. The normalized spacial score (nSPS) is 14.1. The molecule has 2 aromatic carbocycles. The Labute approximate surface area is 170 Å². The molecule has 1 aromatic heterocycles. The van der Waals surface area contributed by atoms with Gasteiger partial charge in [-0.25, -0.2) is 0 Å². The van der Waals surface area contributed by atoms with Crippen LogP contribution in [0.25, 0.3) is 11.3 Å². The average Bonchev–Trinajstić information content (AvgIpc) is 3.10. The van der Waals surface area contributed by atoms with Gasteiger partial charge in [0, 0.05) is 34.7 Å². The summed E-state index contributed by atoms with van der Waals surface area (Å²) >= 11 is 5.99. The maximum atomic E-state index is 13.0. The number of fused-ring (bicyclic) bond motifs is 1. The van der Waals surface area contributed by atoms with Crippen molar-refractivity contribution in [3.8, 4) is 11.3 Å². The molecular weight excluding hydrogens is 372 g/mol. The number of halogens is 1. The molecule has 0 saturated heterocycles. The third kappa shape index (κ3) is 3.57. The molecule has 28 heavy (non-hydrogen) atoms. The summed E-state index contributed by atoms with van der Waals surface area (Å²) in [5.74, 6) is 0.751. The lowest BCUT2D eigenvalue weighted by atomic mass is 9.86. The van der Waals surface area contributed by atoms with Crippen LogP contribution in [0.3, 0.4) is 0 Å². The van der Waals surface area contributed by atoms with E-state index in [-0.39, 0.29) is 11.3 Å². The van der Waals surface area contributed by atoms with Gasteiger partial charge in [-0.05, 0) is 47.4 Å². The highest BCUT2D eigenvalue weighted by Crippen LogP contribution is 2.32. The topological polar surface area (TPSA) is 46.3 Å². The van der Waals surface area contributed by atoms with E-state index in [2.05, 4.69) is 25.9 Å². The zero-order valence-corrected chi connectivity index (χ0v) is 17.1. The van der Waals surface area contributed by atoms with Gasteiger partial charge in [-0.2, -0.15) is 0 Å². The van der Waals surface area contributed by atoms with E-state index in [1.807, 2.05) is 53.4 Å². The number of rotatable bonds is 2. The highest BCUT2D eigenvalue weighted by molar-refractivity contribution is 6.30. The number of aromatic nitrogens is 1. The highest BCUT2D eigenvalue weighted by Gasteiger charge is 2.28. The molecule has 3 aromatic rings. The minimum atomic E-state index is 0.0364. The number of amides is 1. The predicted octanol–water partition coefficient (Wildman–Crippen LogP) is 5.49. The Morgan fingerprint density at radius 2 is 1.75 bits per heavy atom. The van der Waals surface area contributed by atoms with Gasteiger partial charge in [-0.3, -0.25) is 4.79 Å². The van der Waals surface area contributed by atoms with Gasteiger partial charge in [0.1, 0.15) is 0 Å². The summed E-state index contributed by atoms with van der Waals surface area (Å²) in [4.78, 5) is 14.9. The van der Waals surface area contributed by atoms with E-state index in [0.29, 0.717) is 35.9 Å². The van der Waals surface area contributed by atoms with Crippen LogP contribution in [0, 0.1) is 0 Å². The fraction of sp³-hybridized carbons (Fsp3) is 0.304. The number of hydrogen-bond donors (Lipinski definition) is 0. The molecular formula is C23H23ClN2O2. The summed E-state index contributed by atoms with van der Waals surface area (Å²) in [5.41, 5.74) is 4.82. The summed E-state index contributed by atoms with van der Waals surface area (Å²) < 4.78 is 5.60. The Morgan fingerprint density at radius 3 is 2.39 bits per heavy atom. The van der Waals surface area contributed by atoms with E-state index in [1.165, 1.54) is 5.56 Å². The number of benzene rings is 2. The third-order valence-electron chi connectivity index (χ3n) is 5.23. The largest absolute Gasteiger partial charge is 0.356 e. The van der Waals surface area contributed by atoms with Crippen molar-refractivity contribution in [1.29, 1.82) is 0 Å². The summed E-state index contributed by atoms with van der Waals surface area (Å²) in [5, 5.41) is 4.89. The molecule has 0 radical (unpaired) electrons. The van der Waals surface area contributed by atoms with Crippen LogP contribution >= 0.6 is 11.6 Å². The number of nitrogens with zero attached hydrogens (tertiary/aromatic N) is 2. The van der Waals surface area contributed by atoms with Crippen LogP contribution < -0.4 is 0 Å². The Morgan fingerprint density at radius 1 is 1.07 bits per heavy atom. The van der Waals surface area contributed by atoms with Crippen LogP contribution in [0.2, 0.25) is 5.02 Å². The van der Waals surface area contributed by atoms with Crippen LogP contribution in [0.1, 0.15) is 48.0 Å². The molecule has 1 amide bonds. The van der Waals surface area contributed by atoms with Crippen molar-refractivity contribution in [2.75, 3.05) is 6.54 Å². The molecule has 0 unspecified atom stereocenters. The van der Waals surface area contributed by atoms with Gasteiger partial charge >= 0.3 is 0 Å². The average molecular weight is 395 g/mol. The zero-order valence-electron chi connectivity index (χ0n) is 16.3. The van der Waals surface area contributed by atoms with Crippen molar-refractivity contribution >= 4 is 17.5 Å². The molecule has 2 heterocycles. The van der Waals surface area contributed by atoms with Gasteiger partial charge in [0.2, 0.25) is 0 Å². The van der Waals surface area contributed by atoms with Crippen LogP contribution in [-0.4, -0.2) is 22.5 Å². The summed E-state index contributed by atoms with van der Waals surface area (Å²) in [6.45, 7) is 7.64. The molecule has 1 aliphatic heterocycles. The smallest absolute Gasteiger partial charge is 0.254 e. The Balaban J connectivity index is 1.57. The minimum absolute atomic E-state index is 0.0364. The highest BCUT2D eigenvalue weighted by atomic mass is 35.5. The minimum Gasteiger partial charge on any atom is -0.356 e. The lowest BCUT2D eigenvalue weighted by molar-refractivity contribution is 0.0734. The van der Waals surface area contributed by atoms with Crippen molar-refractivity contribution in [3.05, 3.63) is 75.9 Å². The van der Waals surface area contributed by atoms with Gasteiger partial charge < -0.3 is 9.42 Å². The third-order valence-corrected chi connectivity index (χ3v) is 5.48. The monoisotopic (exact) mass is 394 g/mol. The fourth-order valence-corrected chi connectivity index (χ4v) is 3.64. The van der Waals surface area contributed by atoms with E-state index in [0.717, 1.165) is 16.8 Å². The number of hydrogen-bond acceptors (Lipinski definition) is 3. The Hall–Kier alpha value is -2.59. The van der Waals surface area contributed by atoms with Gasteiger partial charge in [0.05, 0.1) is 12.2 Å². The first kappa shape index (κ1) is 18.8. The van der Waals surface area contributed by atoms with Crippen LogP contribution in [-0.2, 0) is 18.4 Å². The van der Waals surface area contributed by atoms with Crippen molar-refractivity contribution in [1.82, 2.24) is 10.1 Å². The van der Waals surface area contributed by atoms with Gasteiger partial charge in [-0.1, -0.05) is 49.7 Å². The van der Waals surface area contributed by atoms with Crippen molar-refractivity contribution in [3.63, 3.8) is 0 Å². The van der Waals surface area contributed by atoms with Gasteiger partial charge in [0.15, 0.2) is 5.76 Å². The molecule has 4 nitrogen and oxygen atoms in total. The lowest BCUT2D eigenvalue weighted by Gasteiger charge is -2.27. The van der Waals surface area contributed by atoms with Crippen molar-refractivity contribution < 1.29 is 9.32 Å². The quantitative estimate of drug-likeness (QED) is 0.577. The SMILES string of the molecule is CC(C)(C)c1ccc(C(=O)N2CCc3noc(-c4ccc(Cl)cc4)c3C2)cc1. The molecule has 5 heteroatoms. The maximum Gasteiger partial charge on any atom is 0.254 e. The van der Waals surface area contributed by atoms with Gasteiger partial charge in [-0.15, -0.1) is 0 Å². The zero-order chi connectivity index (χ0) is 19.9. The fourth-order valence-electron chi connectivity index (χ4n) is 3.51. The molecule has 0 saturated carbocycles. The Kier molecular flexibility index (Phi) is 4.76. The van der Waals surface area contributed by atoms with E-state index in [4.69, 9.17) is 16.1 Å². The predicted molar refractivity (Wildman–Crippen MR) is 111 cm³/mol. The molecule has 0 aliphatic carbocycles. The first-order valence-corrected chi connectivity index (χ1v) is 9.84. The Bertz CT molecular complexity index is 999. The van der Waals surface area contributed by atoms with E-state index < -0.39 is 0 Å². The number of carbonyl (C=O) groups excluding carboxylic acids is 1. The molecule has 144 valence electrons. The second kappa shape index (κ2) is 7.10. The van der Waals surface area contributed by atoms with E-state index in [1.54, 1.807) is 0 Å². The summed E-state index contributed by atoms with van der Waals surface area (Å²) in [6.07, 6.45) is 0.693. The van der Waals surface area contributed by atoms with Crippen LogP contribution in [0.15, 0.2) is 53.1 Å². The first-order chi connectivity index (χ1) is 13.3. The van der Waals surface area contributed by atoms with E-state index in [9.17, 15) is 4.79 Å². The standard InChI is InChI=1S/C23H23ClN2O2/c1-23(2,3)17-8-4-16(5-9-17)22(27)26-13-12-20-19(14-26)21(28-25-20)15-6-10-18(24)11-7-15/h4-11H,12-14H2,1-3H3. The van der Waals surface area contributed by atoms with Crippen molar-refractivity contribution in [2.45, 2.75) is 39.2 Å². The van der Waals surface area contributed by atoms with Crippen molar-refractivity contribution in [2.24, 2.45) is 0 Å². The second-order valence-electron chi connectivity index (χ2n) is 8.25. The van der Waals surface area contributed by atoms with Gasteiger partial charge in [0.25, 0.3) is 5.91 Å². The molecule has 0 atom stereocenters. The second-order valence-corrected chi connectivity index (χ2v) is 8.68. The van der Waals surface area contributed by atoms with Crippen LogP contribution in [0.4, 0.5) is 0 Å². The summed E-state index contributed by atoms with van der Waals surface area (Å²) in [6, 6.07) is 15.4. The molecule has 1 aliphatic rings. The molecule has 4 rings (SSSR count). The first-order valence-electron chi connectivity index (χ1n) is 9.46. The molecule has 0 spiro atoms. The van der Waals surface area contributed by atoms with E-state index >= 15 is 0 Å². The molecule has 0 fully saturated rings. The lowest BCUT2D eigenvalue weighted by Crippen LogP contribution is -2.36. The maximum absolute atomic E-state index is 13.0. The number of carbonyl (C=O) groups is 1. The van der Waals surface area contributed by atoms with Crippen LogP contribution in [0.5, 0.6) is 0 Å². The molecule has 0 bridgehead atoms. The molecule has 0 N–H and O–H groups in total.